The summed E-state index contributed by atoms with van der Waals surface area (Å²) in [4.78, 5) is 11.4. The highest BCUT2D eigenvalue weighted by molar-refractivity contribution is 5.80. The molecule has 1 aromatic carbocycles. The molecule has 0 aliphatic carbocycles. The van der Waals surface area contributed by atoms with Crippen molar-refractivity contribution in [2.45, 2.75) is 25.6 Å². The molecule has 4 aromatic rings. The van der Waals surface area contributed by atoms with Crippen LogP contribution in [0.1, 0.15) is 22.3 Å². The molecular weight excluding hydrogens is 396 g/mol. The maximum atomic E-state index is 13.5. The second kappa shape index (κ2) is 8.14. The molecule has 0 spiro atoms. The minimum atomic E-state index is -4.25. The van der Waals surface area contributed by atoms with E-state index in [0.717, 1.165) is 22.7 Å². The number of rotatable bonds is 6. The van der Waals surface area contributed by atoms with E-state index in [0.29, 0.717) is 23.4 Å². The first-order chi connectivity index (χ1) is 14.4. The minimum absolute atomic E-state index is 0.242. The third-order valence-corrected chi connectivity index (χ3v) is 4.77. The second-order valence-corrected chi connectivity index (χ2v) is 7.01. The molecule has 4 rings (SSSR count). The maximum Gasteiger partial charge on any atom is 0.393 e. The summed E-state index contributed by atoms with van der Waals surface area (Å²) < 4.78 is 51.7. The number of pyridine rings is 2. The lowest BCUT2D eigenvalue weighted by atomic mass is 10.0. The fourth-order valence-corrected chi connectivity index (χ4v) is 3.34. The highest BCUT2D eigenvalue weighted by Crippen LogP contribution is 2.24. The van der Waals surface area contributed by atoms with Gasteiger partial charge in [0.1, 0.15) is 17.3 Å². The summed E-state index contributed by atoms with van der Waals surface area (Å²) in [5.41, 5.74) is 3.27. The number of fused-ring (bicyclic) bond motifs is 1. The van der Waals surface area contributed by atoms with Gasteiger partial charge in [0.05, 0.1) is 12.6 Å². The molecule has 0 amide bonds. The molecule has 3 aromatic heterocycles. The fraction of sp³-hybridized carbons (Fsp3) is 0.182. The molecule has 0 atom stereocenters. The van der Waals surface area contributed by atoms with Crippen molar-refractivity contribution in [3.63, 3.8) is 0 Å². The van der Waals surface area contributed by atoms with E-state index in [-0.39, 0.29) is 12.1 Å². The number of hydrogen-bond donors (Lipinski definition) is 2. The van der Waals surface area contributed by atoms with Gasteiger partial charge >= 0.3 is 6.18 Å². The van der Waals surface area contributed by atoms with Crippen LogP contribution >= 0.6 is 0 Å². The fourth-order valence-electron chi connectivity index (χ4n) is 3.34. The van der Waals surface area contributed by atoms with Gasteiger partial charge in [-0.2, -0.15) is 13.2 Å². The Hall–Kier alpha value is -3.42. The monoisotopic (exact) mass is 414 g/mol. The molecule has 3 heterocycles. The normalized spacial score (nSPS) is 11.7. The lowest BCUT2D eigenvalue weighted by Crippen LogP contribution is -2.14. The van der Waals surface area contributed by atoms with E-state index in [2.05, 4.69) is 20.3 Å². The summed E-state index contributed by atoms with van der Waals surface area (Å²) in [5, 5.41) is 3.79. The molecule has 8 heteroatoms. The summed E-state index contributed by atoms with van der Waals surface area (Å²) in [5.74, 6) is 0.166. The number of benzene rings is 1. The molecule has 2 N–H and O–H groups in total. The Morgan fingerprint density at radius 2 is 1.73 bits per heavy atom. The van der Waals surface area contributed by atoms with Gasteiger partial charge in [-0.3, -0.25) is 0 Å². The number of anilines is 1. The van der Waals surface area contributed by atoms with Crippen molar-refractivity contribution in [1.29, 1.82) is 0 Å². The number of hydrogen-bond acceptors (Lipinski definition) is 3. The van der Waals surface area contributed by atoms with E-state index in [1.807, 2.05) is 6.07 Å². The van der Waals surface area contributed by atoms with Crippen LogP contribution in [-0.2, 0) is 19.4 Å². The van der Waals surface area contributed by atoms with Crippen LogP contribution in [-0.4, -0.2) is 21.1 Å². The van der Waals surface area contributed by atoms with Gasteiger partial charge in [0.15, 0.2) is 0 Å². The quantitative estimate of drug-likeness (QED) is 0.415. The van der Waals surface area contributed by atoms with Crippen molar-refractivity contribution in [2.75, 3.05) is 5.32 Å². The maximum absolute atomic E-state index is 13.5. The first-order valence-corrected chi connectivity index (χ1v) is 9.31. The SMILES string of the molecule is Fc1cnc2[nH]cc(Cc3ccc(NCc4ccccc4CC(F)(F)F)nc3)c2c1. The number of aromatic nitrogens is 3. The second-order valence-electron chi connectivity index (χ2n) is 7.01. The topological polar surface area (TPSA) is 53.6 Å². The predicted octanol–water partition coefficient (Wildman–Crippen LogP) is 5.40. The Morgan fingerprint density at radius 3 is 2.47 bits per heavy atom. The first-order valence-electron chi connectivity index (χ1n) is 9.31. The Kier molecular flexibility index (Phi) is 5.39. The van der Waals surface area contributed by atoms with Crippen molar-refractivity contribution in [3.8, 4) is 0 Å². The highest BCUT2D eigenvalue weighted by Gasteiger charge is 2.28. The molecule has 0 fully saturated rings. The summed E-state index contributed by atoms with van der Waals surface area (Å²) in [6, 6.07) is 11.6. The average molecular weight is 414 g/mol. The lowest BCUT2D eigenvalue weighted by Gasteiger charge is -2.13. The van der Waals surface area contributed by atoms with Crippen LogP contribution < -0.4 is 5.32 Å². The summed E-state index contributed by atoms with van der Waals surface area (Å²) >= 11 is 0. The Balaban J connectivity index is 1.43. The molecule has 0 saturated carbocycles. The van der Waals surface area contributed by atoms with Gasteiger partial charge in [0, 0.05) is 30.7 Å². The van der Waals surface area contributed by atoms with Gasteiger partial charge in [-0.15, -0.1) is 0 Å². The van der Waals surface area contributed by atoms with Crippen LogP contribution in [0.5, 0.6) is 0 Å². The van der Waals surface area contributed by atoms with E-state index in [1.165, 1.54) is 12.1 Å². The van der Waals surface area contributed by atoms with Crippen molar-refractivity contribution in [1.82, 2.24) is 15.0 Å². The molecule has 0 aliphatic rings. The van der Waals surface area contributed by atoms with Crippen molar-refractivity contribution >= 4 is 16.9 Å². The lowest BCUT2D eigenvalue weighted by molar-refractivity contribution is -0.127. The summed E-state index contributed by atoms with van der Waals surface area (Å²) in [6.45, 7) is 0.242. The van der Waals surface area contributed by atoms with Crippen molar-refractivity contribution in [2.24, 2.45) is 0 Å². The number of aromatic amines is 1. The van der Waals surface area contributed by atoms with Crippen molar-refractivity contribution < 1.29 is 17.6 Å². The molecule has 0 radical (unpaired) electrons. The number of nitrogens with zero attached hydrogens (tertiary/aromatic N) is 2. The van der Waals surface area contributed by atoms with Gasteiger partial charge in [0.2, 0.25) is 0 Å². The Labute approximate surface area is 170 Å². The van der Waals surface area contributed by atoms with E-state index in [4.69, 9.17) is 0 Å². The molecule has 30 heavy (non-hydrogen) atoms. The third-order valence-electron chi connectivity index (χ3n) is 4.77. The molecule has 0 bridgehead atoms. The molecule has 0 unspecified atom stereocenters. The largest absolute Gasteiger partial charge is 0.393 e. The van der Waals surface area contributed by atoms with Crippen LogP contribution in [0.4, 0.5) is 23.4 Å². The Morgan fingerprint density at radius 1 is 0.933 bits per heavy atom. The molecule has 0 aliphatic heterocycles. The number of H-pyrrole nitrogens is 1. The van der Waals surface area contributed by atoms with Crippen molar-refractivity contribution in [3.05, 3.63) is 89.1 Å². The van der Waals surface area contributed by atoms with E-state index >= 15 is 0 Å². The zero-order valence-electron chi connectivity index (χ0n) is 15.8. The number of halogens is 4. The van der Waals surface area contributed by atoms with Crippen LogP contribution in [0.2, 0.25) is 0 Å². The summed E-state index contributed by atoms with van der Waals surface area (Å²) in [6.07, 6.45) is -0.0190. The first kappa shape index (κ1) is 19.9. The summed E-state index contributed by atoms with van der Waals surface area (Å²) in [7, 11) is 0. The van der Waals surface area contributed by atoms with Gasteiger partial charge in [0.25, 0.3) is 0 Å². The van der Waals surface area contributed by atoms with Crippen LogP contribution in [0.3, 0.4) is 0 Å². The molecular formula is C22H18F4N4. The molecule has 0 saturated heterocycles. The predicted molar refractivity (Wildman–Crippen MR) is 107 cm³/mol. The zero-order chi connectivity index (χ0) is 21.1. The highest BCUT2D eigenvalue weighted by atomic mass is 19.4. The van der Waals surface area contributed by atoms with E-state index < -0.39 is 18.4 Å². The molecule has 154 valence electrons. The third kappa shape index (κ3) is 4.76. The standard InChI is InChI=1S/C22H18F4N4/c23-18-8-19-17(12-29-21(19)30-13-18)7-14-5-6-20(27-10-14)28-11-16-4-2-1-3-15(16)9-22(24,25)26/h1-6,8,10,12-13H,7,9,11H2,(H,27,28)(H,29,30). The Bertz CT molecular complexity index is 1150. The zero-order valence-corrected chi connectivity index (χ0v) is 15.8. The van der Waals surface area contributed by atoms with E-state index in [1.54, 1.807) is 36.7 Å². The van der Waals surface area contributed by atoms with E-state index in [9.17, 15) is 17.6 Å². The van der Waals surface area contributed by atoms with Gasteiger partial charge < -0.3 is 10.3 Å². The number of nitrogens with one attached hydrogen (secondary N) is 2. The smallest absolute Gasteiger partial charge is 0.366 e. The van der Waals surface area contributed by atoms with Gasteiger partial charge in [-0.1, -0.05) is 30.3 Å². The van der Waals surface area contributed by atoms with Crippen LogP contribution in [0.15, 0.2) is 61.1 Å². The molecule has 4 nitrogen and oxygen atoms in total. The van der Waals surface area contributed by atoms with Gasteiger partial charge in [-0.05, 0) is 34.4 Å². The van der Waals surface area contributed by atoms with Gasteiger partial charge in [-0.25, -0.2) is 14.4 Å². The average Bonchev–Trinajstić information content (AvgIpc) is 3.09. The van der Waals surface area contributed by atoms with Crippen LogP contribution in [0.25, 0.3) is 11.0 Å². The van der Waals surface area contributed by atoms with Crippen LogP contribution in [0, 0.1) is 5.82 Å². The minimum Gasteiger partial charge on any atom is -0.366 e. The number of alkyl halides is 3.